The van der Waals surface area contributed by atoms with E-state index in [1.54, 1.807) is 11.3 Å². The summed E-state index contributed by atoms with van der Waals surface area (Å²) in [7, 11) is 0. The molecule has 5 heteroatoms. The minimum absolute atomic E-state index is 0.420. The number of anilines is 1. The minimum atomic E-state index is 0.420. The van der Waals surface area contributed by atoms with Gasteiger partial charge >= 0.3 is 0 Å². The van der Waals surface area contributed by atoms with Crippen LogP contribution >= 0.6 is 22.9 Å². The number of nitrogens with two attached hydrogens (primary N) is 1. The molecule has 3 rings (SSSR count). The first-order chi connectivity index (χ1) is 9.08. The quantitative estimate of drug-likeness (QED) is 0.759. The highest BCUT2D eigenvalue weighted by molar-refractivity contribution is 7.15. The van der Waals surface area contributed by atoms with Gasteiger partial charge in [0.1, 0.15) is 11.5 Å². The van der Waals surface area contributed by atoms with Crippen LogP contribution in [0.2, 0.25) is 5.02 Å². The number of hydrogen-bond acceptors (Lipinski definition) is 3. The fourth-order valence-corrected chi connectivity index (χ4v) is 3.30. The standard InChI is InChI=1S/C14H14ClN3S/c1-8(2)11-7-19-14-17-12(13(16)18(11)14)9-3-5-10(15)6-4-9/h3-8H,16H2,1-2H3. The molecule has 0 amide bonds. The molecule has 0 bridgehead atoms. The van der Waals surface area contributed by atoms with E-state index in [1.807, 2.05) is 28.7 Å². The molecule has 3 nitrogen and oxygen atoms in total. The van der Waals surface area contributed by atoms with E-state index >= 15 is 0 Å². The summed E-state index contributed by atoms with van der Waals surface area (Å²) >= 11 is 7.53. The van der Waals surface area contributed by atoms with Crippen molar-refractivity contribution in [2.24, 2.45) is 0 Å². The third-order valence-electron chi connectivity index (χ3n) is 3.13. The number of hydrogen-bond donors (Lipinski definition) is 1. The molecular weight excluding hydrogens is 278 g/mol. The van der Waals surface area contributed by atoms with Crippen LogP contribution < -0.4 is 5.73 Å². The zero-order chi connectivity index (χ0) is 13.6. The van der Waals surface area contributed by atoms with Crippen LogP contribution in [0.1, 0.15) is 25.5 Å². The Morgan fingerprint density at radius 2 is 1.95 bits per heavy atom. The van der Waals surface area contributed by atoms with E-state index in [0.29, 0.717) is 16.8 Å². The smallest absolute Gasteiger partial charge is 0.196 e. The maximum absolute atomic E-state index is 6.27. The largest absolute Gasteiger partial charge is 0.383 e. The minimum Gasteiger partial charge on any atom is -0.383 e. The van der Waals surface area contributed by atoms with Gasteiger partial charge < -0.3 is 5.73 Å². The molecule has 98 valence electrons. The van der Waals surface area contributed by atoms with E-state index in [9.17, 15) is 0 Å². The molecule has 0 aliphatic heterocycles. The van der Waals surface area contributed by atoms with E-state index in [2.05, 4.69) is 24.2 Å². The van der Waals surface area contributed by atoms with Crippen LogP contribution in [0.25, 0.3) is 16.2 Å². The maximum Gasteiger partial charge on any atom is 0.196 e. The fraction of sp³-hybridized carbons (Fsp3) is 0.214. The number of nitrogens with zero attached hydrogens (tertiary/aromatic N) is 2. The molecule has 0 radical (unpaired) electrons. The second-order valence-corrected chi connectivity index (χ2v) is 6.06. The Morgan fingerprint density at radius 1 is 1.26 bits per heavy atom. The summed E-state index contributed by atoms with van der Waals surface area (Å²) in [6, 6.07) is 7.60. The Bertz CT molecular complexity index is 725. The van der Waals surface area contributed by atoms with Crippen molar-refractivity contribution in [3.8, 4) is 11.3 Å². The van der Waals surface area contributed by atoms with Crippen LogP contribution in [-0.2, 0) is 0 Å². The van der Waals surface area contributed by atoms with Crippen molar-refractivity contribution in [3.05, 3.63) is 40.4 Å². The Kier molecular flexibility index (Phi) is 2.99. The number of halogens is 1. The molecule has 0 saturated carbocycles. The number of nitrogen functional groups attached to an aromatic ring is 1. The lowest BCUT2D eigenvalue weighted by atomic mass is 10.1. The molecule has 1 aromatic carbocycles. The van der Waals surface area contributed by atoms with Crippen LogP contribution in [0.3, 0.4) is 0 Å². The highest BCUT2D eigenvalue weighted by atomic mass is 35.5. The Morgan fingerprint density at radius 3 is 2.58 bits per heavy atom. The second-order valence-electron chi connectivity index (χ2n) is 4.79. The van der Waals surface area contributed by atoms with E-state index < -0.39 is 0 Å². The molecular formula is C14H14ClN3S. The molecule has 2 aromatic heterocycles. The molecule has 0 spiro atoms. The molecule has 3 aromatic rings. The number of rotatable bonds is 2. The molecule has 0 fully saturated rings. The van der Waals surface area contributed by atoms with E-state index in [4.69, 9.17) is 17.3 Å². The predicted octanol–water partition coefficient (Wildman–Crippen LogP) is 4.42. The zero-order valence-corrected chi connectivity index (χ0v) is 12.3. The number of aromatic nitrogens is 2. The van der Waals surface area contributed by atoms with Gasteiger partial charge in [0.25, 0.3) is 0 Å². The van der Waals surface area contributed by atoms with Gasteiger partial charge in [0.2, 0.25) is 0 Å². The van der Waals surface area contributed by atoms with Crippen LogP contribution in [-0.4, -0.2) is 9.38 Å². The van der Waals surface area contributed by atoms with Gasteiger partial charge in [0.05, 0.1) is 0 Å². The van der Waals surface area contributed by atoms with Crippen molar-refractivity contribution in [2.45, 2.75) is 19.8 Å². The third-order valence-corrected chi connectivity index (χ3v) is 4.23. The van der Waals surface area contributed by atoms with Crippen LogP contribution in [0.4, 0.5) is 5.82 Å². The number of fused-ring (bicyclic) bond motifs is 1. The first-order valence-corrected chi connectivity index (χ1v) is 7.35. The van der Waals surface area contributed by atoms with Gasteiger partial charge in [-0.05, 0) is 18.1 Å². The van der Waals surface area contributed by atoms with Gasteiger partial charge in [-0.3, -0.25) is 4.40 Å². The van der Waals surface area contributed by atoms with Crippen LogP contribution in [0.15, 0.2) is 29.6 Å². The van der Waals surface area contributed by atoms with Crippen molar-refractivity contribution in [1.82, 2.24) is 9.38 Å². The van der Waals surface area contributed by atoms with Gasteiger partial charge in [0, 0.05) is 21.7 Å². The van der Waals surface area contributed by atoms with Crippen molar-refractivity contribution in [1.29, 1.82) is 0 Å². The van der Waals surface area contributed by atoms with Crippen molar-refractivity contribution in [2.75, 3.05) is 5.73 Å². The molecule has 2 heterocycles. The van der Waals surface area contributed by atoms with Gasteiger partial charge in [-0.15, -0.1) is 11.3 Å². The summed E-state index contributed by atoms with van der Waals surface area (Å²) in [5.74, 6) is 1.12. The molecule has 0 unspecified atom stereocenters. The summed E-state index contributed by atoms with van der Waals surface area (Å²) in [4.78, 5) is 5.56. The lowest BCUT2D eigenvalue weighted by Gasteiger charge is -2.05. The van der Waals surface area contributed by atoms with Gasteiger partial charge in [0.15, 0.2) is 4.96 Å². The maximum atomic E-state index is 6.27. The number of imidazole rings is 1. The van der Waals surface area contributed by atoms with Gasteiger partial charge in [-0.25, -0.2) is 4.98 Å². The molecule has 2 N–H and O–H groups in total. The Hall–Kier alpha value is -1.52. The average molecular weight is 292 g/mol. The van der Waals surface area contributed by atoms with Gasteiger partial charge in [-0.2, -0.15) is 0 Å². The number of benzene rings is 1. The molecule has 0 atom stereocenters. The summed E-state index contributed by atoms with van der Waals surface area (Å²) in [5, 5.41) is 2.83. The van der Waals surface area contributed by atoms with Crippen molar-refractivity contribution in [3.63, 3.8) is 0 Å². The number of thiazole rings is 1. The summed E-state index contributed by atoms with van der Waals surface area (Å²) in [5.41, 5.74) is 9.28. The topological polar surface area (TPSA) is 43.3 Å². The first kappa shape index (κ1) is 12.5. The first-order valence-electron chi connectivity index (χ1n) is 6.09. The average Bonchev–Trinajstić information content (AvgIpc) is 2.92. The van der Waals surface area contributed by atoms with Crippen LogP contribution in [0.5, 0.6) is 0 Å². The third kappa shape index (κ3) is 2.01. The van der Waals surface area contributed by atoms with E-state index in [-0.39, 0.29) is 0 Å². The fourth-order valence-electron chi connectivity index (χ4n) is 2.12. The predicted molar refractivity (Wildman–Crippen MR) is 82.0 cm³/mol. The second kappa shape index (κ2) is 4.54. The lowest BCUT2D eigenvalue weighted by molar-refractivity contribution is 0.814. The molecule has 0 aliphatic rings. The summed E-state index contributed by atoms with van der Waals surface area (Å²) in [6.07, 6.45) is 0. The highest BCUT2D eigenvalue weighted by Gasteiger charge is 2.16. The molecule has 19 heavy (non-hydrogen) atoms. The van der Waals surface area contributed by atoms with Crippen molar-refractivity contribution >= 4 is 33.7 Å². The summed E-state index contributed by atoms with van der Waals surface area (Å²) in [6.45, 7) is 4.31. The zero-order valence-electron chi connectivity index (χ0n) is 10.7. The normalized spacial score (nSPS) is 11.6. The summed E-state index contributed by atoms with van der Waals surface area (Å²) < 4.78 is 2.04. The van der Waals surface area contributed by atoms with Crippen molar-refractivity contribution < 1.29 is 0 Å². The Labute approximate surface area is 120 Å². The van der Waals surface area contributed by atoms with E-state index in [1.165, 1.54) is 5.69 Å². The van der Waals surface area contributed by atoms with Gasteiger partial charge in [-0.1, -0.05) is 37.6 Å². The monoisotopic (exact) mass is 291 g/mol. The lowest BCUT2D eigenvalue weighted by Crippen LogP contribution is -1.99. The molecule has 0 aliphatic carbocycles. The van der Waals surface area contributed by atoms with Crippen LogP contribution in [0, 0.1) is 0 Å². The Balaban J connectivity index is 2.20. The highest BCUT2D eigenvalue weighted by Crippen LogP contribution is 2.33. The SMILES string of the molecule is CC(C)c1csc2nc(-c3ccc(Cl)cc3)c(N)n12. The van der Waals surface area contributed by atoms with E-state index in [0.717, 1.165) is 16.2 Å². The molecule has 0 saturated heterocycles.